The monoisotopic (exact) mass is 412 g/mol. The second-order valence-corrected chi connectivity index (χ2v) is 8.36. The molecule has 1 heterocycles. The Balaban J connectivity index is 1.63. The van der Waals surface area contributed by atoms with Gasteiger partial charge in [0.25, 0.3) is 0 Å². The van der Waals surface area contributed by atoms with Gasteiger partial charge in [-0.1, -0.05) is 30.3 Å². The fourth-order valence-electron chi connectivity index (χ4n) is 3.29. The van der Waals surface area contributed by atoms with Crippen LogP contribution >= 0.6 is 11.8 Å². The van der Waals surface area contributed by atoms with E-state index in [9.17, 15) is 9.59 Å². The van der Waals surface area contributed by atoms with Crippen molar-refractivity contribution in [2.75, 3.05) is 30.8 Å². The van der Waals surface area contributed by atoms with Gasteiger partial charge in [0.1, 0.15) is 0 Å². The van der Waals surface area contributed by atoms with Crippen LogP contribution in [0.3, 0.4) is 0 Å². The Morgan fingerprint density at radius 1 is 1.14 bits per heavy atom. The maximum absolute atomic E-state index is 12.9. The third-order valence-electron chi connectivity index (χ3n) is 5.12. The van der Waals surface area contributed by atoms with Crippen LogP contribution in [0.1, 0.15) is 24.0 Å². The first-order chi connectivity index (χ1) is 14.0. The minimum absolute atomic E-state index is 0.00850. The van der Waals surface area contributed by atoms with E-state index in [1.165, 1.54) is 11.8 Å². The molecule has 5 nitrogen and oxygen atoms in total. The zero-order chi connectivity index (χ0) is 20.6. The molecule has 0 saturated carbocycles. The highest BCUT2D eigenvalue weighted by molar-refractivity contribution is 8.00. The van der Waals surface area contributed by atoms with Crippen LogP contribution in [0.5, 0.6) is 0 Å². The Bertz CT molecular complexity index is 835. The molecule has 154 valence electrons. The van der Waals surface area contributed by atoms with E-state index in [0.29, 0.717) is 12.3 Å². The number of nitrogens with zero attached hydrogens (tertiary/aromatic N) is 1. The molecule has 1 N–H and O–H groups in total. The molecule has 1 atom stereocenters. The number of anilines is 1. The summed E-state index contributed by atoms with van der Waals surface area (Å²) in [6.07, 6.45) is 1.93. The highest BCUT2D eigenvalue weighted by Crippen LogP contribution is 2.20. The quantitative estimate of drug-likeness (QED) is 0.665. The van der Waals surface area contributed by atoms with Crippen molar-refractivity contribution in [1.29, 1.82) is 0 Å². The van der Waals surface area contributed by atoms with Gasteiger partial charge in [-0.2, -0.15) is 0 Å². The largest absolute Gasteiger partial charge is 0.376 e. The Kier molecular flexibility index (Phi) is 7.72. The standard InChI is InChI=1S/C23H28N2O3S/c1-17-8-6-12-21(18(17)2)24-22(26)15-25(14-19-9-7-13-28-19)23(27)16-29-20-10-4-3-5-11-20/h3-6,8,10-12,19H,7,9,13-16H2,1-2H3,(H,24,26). The van der Waals surface area contributed by atoms with Crippen LogP contribution in [0.15, 0.2) is 53.4 Å². The maximum atomic E-state index is 12.9. The molecule has 0 radical (unpaired) electrons. The van der Waals surface area contributed by atoms with E-state index < -0.39 is 0 Å². The van der Waals surface area contributed by atoms with Crippen LogP contribution < -0.4 is 5.32 Å². The number of thioether (sulfide) groups is 1. The summed E-state index contributed by atoms with van der Waals surface area (Å²) in [5.74, 6) is 0.0632. The number of aryl methyl sites for hydroxylation is 1. The number of rotatable bonds is 8. The number of amides is 2. The third kappa shape index (κ3) is 6.34. The molecule has 0 aliphatic carbocycles. The van der Waals surface area contributed by atoms with Gasteiger partial charge in [0.05, 0.1) is 18.4 Å². The van der Waals surface area contributed by atoms with Gasteiger partial charge in [0.2, 0.25) is 11.8 Å². The number of carbonyl (C=O) groups excluding carboxylic acids is 2. The summed E-state index contributed by atoms with van der Waals surface area (Å²) in [6, 6.07) is 15.6. The van der Waals surface area contributed by atoms with Crippen molar-refractivity contribution in [2.24, 2.45) is 0 Å². The second-order valence-electron chi connectivity index (χ2n) is 7.31. The fourth-order valence-corrected chi connectivity index (χ4v) is 4.11. The van der Waals surface area contributed by atoms with Crippen LogP contribution in [0, 0.1) is 13.8 Å². The van der Waals surface area contributed by atoms with Crippen molar-refractivity contribution >= 4 is 29.3 Å². The number of ether oxygens (including phenoxy) is 1. The zero-order valence-electron chi connectivity index (χ0n) is 17.0. The van der Waals surface area contributed by atoms with Gasteiger partial charge >= 0.3 is 0 Å². The zero-order valence-corrected chi connectivity index (χ0v) is 17.8. The second kappa shape index (κ2) is 10.5. The molecular formula is C23H28N2O3S. The van der Waals surface area contributed by atoms with E-state index in [0.717, 1.165) is 41.2 Å². The molecule has 1 fully saturated rings. The van der Waals surface area contributed by atoms with Gasteiger partial charge in [-0.25, -0.2) is 0 Å². The molecule has 1 aliphatic heterocycles. The summed E-state index contributed by atoms with van der Waals surface area (Å²) in [4.78, 5) is 28.2. The lowest BCUT2D eigenvalue weighted by molar-refractivity contribution is -0.133. The molecule has 3 rings (SSSR count). The topological polar surface area (TPSA) is 58.6 Å². The predicted octanol–water partition coefficient (Wildman–Crippen LogP) is 4.04. The first-order valence-corrected chi connectivity index (χ1v) is 10.9. The lowest BCUT2D eigenvalue weighted by Crippen LogP contribution is -2.43. The summed E-state index contributed by atoms with van der Waals surface area (Å²) < 4.78 is 5.70. The summed E-state index contributed by atoms with van der Waals surface area (Å²) in [7, 11) is 0. The van der Waals surface area contributed by atoms with Crippen molar-refractivity contribution < 1.29 is 14.3 Å². The molecule has 6 heteroatoms. The van der Waals surface area contributed by atoms with E-state index >= 15 is 0 Å². The van der Waals surface area contributed by atoms with E-state index in [1.54, 1.807) is 4.90 Å². The van der Waals surface area contributed by atoms with Crippen LogP contribution in [0.25, 0.3) is 0 Å². The van der Waals surface area contributed by atoms with Crippen LogP contribution in [0.2, 0.25) is 0 Å². The van der Waals surface area contributed by atoms with Crippen molar-refractivity contribution in [3.63, 3.8) is 0 Å². The summed E-state index contributed by atoms with van der Waals surface area (Å²) in [6.45, 7) is 5.20. The SMILES string of the molecule is Cc1cccc(NC(=O)CN(CC2CCCO2)C(=O)CSc2ccccc2)c1C. The molecule has 1 saturated heterocycles. The first-order valence-electron chi connectivity index (χ1n) is 9.96. The summed E-state index contributed by atoms with van der Waals surface area (Å²) >= 11 is 1.49. The minimum atomic E-state index is -0.185. The smallest absolute Gasteiger partial charge is 0.244 e. The number of nitrogens with one attached hydrogen (secondary N) is 1. The summed E-state index contributed by atoms with van der Waals surface area (Å²) in [5, 5.41) is 2.95. The van der Waals surface area contributed by atoms with E-state index in [4.69, 9.17) is 4.74 Å². The molecule has 29 heavy (non-hydrogen) atoms. The van der Waals surface area contributed by atoms with Crippen molar-refractivity contribution in [2.45, 2.75) is 37.7 Å². The highest BCUT2D eigenvalue weighted by Gasteiger charge is 2.24. The van der Waals surface area contributed by atoms with Crippen LogP contribution in [-0.4, -0.2) is 48.3 Å². The number of carbonyl (C=O) groups is 2. The number of benzene rings is 2. The Labute approximate surface area is 176 Å². The lowest BCUT2D eigenvalue weighted by Gasteiger charge is -2.25. The Morgan fingerprint density at radius 3 is 2.66 bits per heavy atom. The van der Waals surface area contributed by atoms with E-state index in [1.807, 2.05) is 62.4 Å². The Hall–Kier alpha value is -2.31. The van der Waals surface area contributed by atoms with E-state index in [-0.39, 0.29) is 24.5 Å². The molecule has 2 aromatic carbocycles. The average Bonchev–Trinajstić information content (AvgIpc) is 3.23. The van der Waals surface area contributed by atoms with Gasteiger partial charge in [0.15, 0.2) is 0 Å². The van der Waals surface area contributed by atoms with Crippen molar-refractivity contribution in [3.8, 4) is 0 Å². The third-order valence-corrected chi connectivity index (χ3v) is 6.12. The molecule has 2 aromatic rings. The molecular weight excluding hydrogens is 384 g/mol. The van der Waals surface area contributed by atoms with Gasteiger partial charge in [-0.15, -0.1) is 11.8 Å². The molecule has 0 aromatic heterocycles. The molecule has 0 spiro atoms. The van der Waals surface area contributed by atoms with E-state index in [2.05, 4.69) is 5.32 Å². The lowest BCUT2D eigenvalue weighted by atomic mass is 10.1. The average molecular weight is 413 g/mol. The Morgan fingerprint density at radius 2 is 1.93 bits per heavy atom. The fraction of sp³-hybridized carbons (Fsp3) is 0.391. The molecule has 1 aliphatic rings. The highest BCUT2D eigenvalue weighted by atomic mass is 32.2. The van der Waals surface area contributed by atoms with Gasteiger partial charge in [-0.3, -0.25) is 9.59 Å². The van der Waals surface area contributed by atoms with Gasteiger partial charge in [-0.05, 0) is 56.0 Å². The van der Waals surface area contributed by atoms with Crippen molar-refractivity contribution in [3.05, 3.63) is 59.7 Å². The molecule has 0 bridgehead atoms. The minimum Gasteiger partial charge on any atom is -0.376 e. The normalized spacial score (nSPS) is 15.9. The van der Waals surface area contributed by atoms with Crippen LogP contribution in [-0.2, 0) is 14.3 Å². The molecule has 1 unspecified atom stereocenters. The van der Waals surface area contributed by atoms with Gasteiger partial charge in [0, 0.05) is 23.7 Å². The number of hydrogen-bond donors (Lipinski definition) is 1. The molecule has 2 amide bonds. The van der Waals surface area contributed by atoms with Gasteiger partial charge < -0.3 is 15.0 Å². The maximum Gasteiger partial charge on any atom is 0.244 e. The summed E-state index contributed by atoms with van der Waals surface area (Å²) in [5.41, 5.74) is 2.95. The predicted molar refractivity (Wildman–Crippen MR) is 117 cm³/mol. The first kappa shape index (κ1) is 21.4. The van der Waals surface area contributed by atoms with Crippen LogP contribution in [0.4, 0.5) is 5.69 Å². The van der Waals surface area contributed by atoms with Crippen molar-refractivity contribution in [1.82, 2.24) is 4.90 Å². The number of hydrogen-bond acceptors (Lipinski definition) is 4.